The fourth-order valence-electron chi connectivity index (χ4n) is 2.64. The third kappa shape index (κ3) is 5.97. The molecule has 0 aliphatic rings. The molecule has 13 heteroatoms. The molecule has 34 heavy (non-hydrogen) atoms. The van der Waals surface area contributed by atoms with Crippen LogP contribution in [0.15, 0.2) is 51.7 Å². The maximum Gasteiger partial charge on any atom is 0.437 e. The highest BCUT2D eigenvalue weighted by Gasteiger charge is 2.16. The molecule has 12 nitrogen and oxygen atoms in total. The summed E-state index contributed by atoms with van der Waals surface area (Å²) < 4.78 is 33.6. The second-order valence-electron chi connectivity index (χ2n) is 6.57. The maximum atomic E-state index is 13.0. The monoisotopic (exact) mass is 474 g/mol. The smallest absolute Gasteiger partial charge is 0.437 e. The van der Waals surface area contributed by atoms with Crippen molar-refractivity contribution in [3.05, 3.63) is 64.4 Å². The number of amides is 2. The van der Waals surface area contributed by atoms with E-state index < -0.39 is 42.5 Å². The lowest BCUT2D eigenvalue weighted by molar-refractivity contribution is -0.149. The first-order valence-corrected chi connectivity index (χ1v) is 9.61. The summed E-state index contributed by atoms with van der Waals surface area (Å²) >= 11 is 0. The lowest BCUT2D eigenvalue weighted by Crippen LogP contribution is -2.43. The van der Waals surface area contributed by atoms with Crippen molar-refractivity contribution in [3.8, 4) is 23.0 Å². The van der Waals surface area contributed by atoms with Crippen molar-refractivity contribution in [1.29, 1.82) is 0 Å². The lowest BCUT2D eigenvalue weighted by atomic mass is 10.2. The Kier molecular flexibility index (Phi) is 7.59. The Morgan fingerprint density at radius 1 is 1.03 bits per heavy atom. The Labute approximate surface area is 191 Å². The Bertz CT molecular complexity index is 1250. The number of ether oxygens (including phenoxy) is 3. The number of nitrogens with one attached hydrogen (secondary N) is 2. The Morgan fingerprint density at radius 2 is 1.74 bits per heavy atom. The van der Waals surface area contributed by atoms with Gasteiger partial charge in [-0.05, 0) is 42.5 Å². The maximum absolute atomic E-state index is 13.0. The summed E-state index contributed by atoms with van der Waals surface area (Å²) in [4.78, 5) is 47.8. The van der Waals surface area contributed by atoms with E-state index in [1.165, 1.54) is 44.6 Å². The first-order valence-electron chi connectivity index (χ1n) is 9.61. The van der Waals surface area contributed by atoms with Gasteiger partial charge in [-0.3, -0.25) is 25.2 Å². The molecule has 178 valence electrons. The molecule has 0 aliphatic heterocycles. The van der Waals surface area contributed by atoms with Gasteiger partial charge < -0.3 is 18.6 Å². The van der Waals surface area contributed by atoms with Crippen LogP contribution >= 0.6 is 0 Å². The average Bonchev–Trinajstić information content (AvgIpc) is 3.20. The molecule has 3 rings (SSSR count). The van der Waals surface area contributed by atoms with Gasteiger partial charge in [0.2, 0.25) is 5.89 Å². The summed E-state index contributed by atoms with van der Waals surface area (Å²) in [5, 5.41) is 3.83. The molecule has 0 bridgehead atoms. The molecule has 2 N–H and O–H groups in total. The number of nitrogens with zero attached hydrogens (tertiary/aromatic N) is 2. The van der Waals surface area contributed by atoms with Crippen LogP contribution in [0.2, 0.25) is 0 Å². The van der Waals surface area contributed by atoms with Crippen LogP contribution < -0.4 is 26.1 Å². The van der Waals surface area contributed by atoms with Crippen molar-refractivity contribution in [2.75, 3.05) is 20.8 Å². The number of aromatic nitrogens is 2. The van der Waals surface area contributed by atoms with Crippen LogP contribution in [0, 0.1) is 5.82 Å². The number of carbonyl (C=O) groups excluding carboxylic acids is 3. The van der Waals surface area contributed by atoms with Crippen molar-refractivity contribution in [2.45, 2.75) is 6.54 Å². The van der Waals surface area contributed by atoms with Gasteiger partial charge in [0.05, 0.1) is 14.2 Å². The van der Waals surface area contributed by atoms with Gasteiger partial charge in [-0.2, -0.15) is 4.68 Å². The summed E-state index contributed by atoms with van der Waals surface area (Å²) in [7, 11) is 2.86. The van der Waals surface area contributed by atoms with Gasteiger partial charge in [0, 0.05) is 11.1 Å². The molecule has 3 aromatic rings. The summed E-state index contributed by atoms with van der Waals surface area (Å²) in [6, 6.07) is 9.41. The Balaban J connectivity index is 1.48. The van der Waals surface area contributed by atoms with Crippen LogP contribution in [0.25, 0.3) is 11.5 Å². The minimum atomic E-state index is -0.956. The Hall–Kier alpha value is -4.68. The molecule has 2 amide bonds. The molecule has 0 fully saturated rings. The van der Waals surface area contributed by atoms with Crippen LogP contribution in [0.3, 0.4) is 0 Å². The molecular formula is C21H19FN4O8. The molecule has 0 radical (unpaired) electrons. The van der Waals surface area contributed by atoms with Crippen LogP contribution in [0.4, 0.5) is 4.39 Å². The van der Waals surface area contributed by atoms with Crippen LogP contribution in [-0.2, 0) is 20.9 Å². The van der Waals surface area contributed by atoms with Gasteiger partial charge in [-0.25, -0.2) is 9.18 Å². The number of rotatable bonds is 8. The van der Waals surface area contributed by atoms with E-state index in [2.05, 4.69) is 16.0 Å². The third-order valence-electron chi connectivity index (χ3n) is 4.30. The molecule has 0 atom stereocenters. The van der Waals surface area contributed by atoms with E-state index in [-0.39, 0.29) is 11.5 Å². The van der Waals surface area contributed by atoms with Gasteiger partial charge in [0.15, 0.2) is 18.1 Å². The van der Waals surface area contributed by atoms with E-state index in [9.17, 15) is 23.6 Å². The average molecular weight is 474 g/mol. The van der Waals surface area contributed by atoms with Crippen molar-refractivity contribution in [1.82, 2.24) is 20.6 Å². The van der Waals surface area contributed by atoms with Crippen LogP contribution in [0.1, 0.15) is 10.4 Å². The predicted molar refractivity (Wildman–Crippen MR) is 112 cm³/mol. The predicted octanol–water partition coefficient (Wildman–Crippen LogP) is 0.664. The van der Waals surface area contributed by atoms with Crippen LogP contribution in [-0.4, -0.2) is 48.4 Å². The molecule has 0 unspecified atom stereocenters. The SMILES string of the molecule is COc1ccc(C(=O)NNC(=O)COC(=O)Cn2nc(-c3ccc(F)cc3)oc2=O)cc1OC. The van der Waals surface area contributed by atoms with E-state index in [0.29, 0.717) is 21.7 Å². The fraction of sp³-hybridized carbons (Fsp3) is 0.190. The van der Waals surface area contributed by atoms with E-state index in [1.54, 1.807) is 0 Å². The van der Waals surface area contributed by atoms with Gasteiger partial charge in [-0.1, -0.05) is 0 Å². The highest BCUT2D eigenvalue weighted by atomic mass is 19.1. The summed E-state index contributed by atoms with van der Waals surface area (Å²) in [6.07, 6.45) is 0. The molecular weight excluding hydrogens is 455 g/mol. The van der Waals surface area contributed by atoms with E-state index in [0.717, 1.165) is 12.1 Å². The normalized spacial score (nSPS) is 10.3. The summed E-state index contributed by atoms with van der Waals surface area (Å²) in [5.74, 6) is -3.23. The highest BCUT2D eigenvalue weighted by Crippen LogP contribution is 2.27. The van der Waals surface area contributed by atoms with Gasteiger partial charge in [0.25, 0.3) is 11.8 Å². The third-order valence-corrected chi connectivity index (χ3v) is 4.30. The molecule has 1 heterocycles. The fourth-order valence-corrected chi connectivity index (χ4v) is 2.64. The number of hydrazine groups is 1. The molecule has 0 aliphatic carbocycles. The zero-order valence-electron chi connectivity index (χ0n) is 18.0. The number of hydrogen-bond donors (Lipinski definition) is 2. The highest BCUT2D eigenvalue weighted by molar-refractivity contribution is 5.96. The number of carbonyl (C=O) groups is 3. The zero-order valence-corrected chi connectivity index (χ0v) is 18.0. The largest absolute Gasteiger partial charge is 0.493 e. The van der Waals surface area contributed by atoms with E-state index in [1.807, 2.05) is 0 Å². The topological polar surface area (TPSA) is 151 Å². The zero-order chi connectivity index (χ0) is 24.7. The minimum Gasteiger partial charge on any atom is -0.493 e. The number of methoxy groups -OCH3 is 2. The number of hydrogen-bond acceptors (Lipinski definition) is 9. The molecule has 1 aromatic heterocycles. The quantitative estimate of drug-likeness (QED) is 0.354. The number of benzene rings is 2. The van der Waals surface area contributed by atoms with Gasteiger partial charge in [0.1, 0.15) is 12.4 Å². The summed E-state index contributed by atoms with van der Waals surface area (Å²) in [5.41, 5.74) is 4.75. The van der Waals surface area contributed by atoms with Crippen molar-refractivity contribution in [3.63, 3.8) is 0 Å². The van der Waals surface area contributed by atoms with Crippen molar-refractivity contribution in [2.24, 2.45) is 0 Å². The molecule has 0 spiro atoms. The number of halogens is 1. The van der Waals surface area contributed by atoms with Crippen LogP contribution in [0.5, 0.6) is 11.5 Å². The van der Waals surface area contributed by atoms with Gasteiger partial charge in [-0.15, -0.1) is 5.10 Å². The molecule has 2 aromatic carbocycles. The first kappa shape index (κ1) is 24.0. The first-order chi connectivity index (χ1) is 16.3. The van der Waals surface area contributed by atoms with E-state index in [4.69, 9.17) is 18.6 Å². The summed E-state index contributed by atoms with van der Waals surface area (Å²) in [6.45, 7) is -1.36. The van der Waals surface area contributed by atoms with Crippen molar-refractivity contribution < 1.29 is 37.4 Å². The minimum absolute atomic E-state index is 0.117. The van der Waals surface area contributed by atoms with Crippen molar-refractivity contribution >= 4 is 17.8 Å². The second kappa shape index (κ2) is 10.8. The lowest BCUT2D eigenvalue weighted by Gasteiger charge is -2.11. The molecule has 0 saturated heterocycles. The Morgan fingerprint density at radius 3 is 2.41 bits per heavy atom. The van der Waals surface area contributed by atoms with Gasteiger partial charge >= 0.3 is 11.7 Å². The number of esters is 1. The standard InChI is InChI=1S/C21H19FN4O8/c1-31-15-8-5-13(9-16(15)32-2)19(29)24-23-17(27)11-33-18(28)10-26-21(30)34-20(25-26)12-3-6-14(22)7-4-12/h3-9H,10-11H2,1-2H3,(H,23,27)(H,24,29). The molecule has 0 saturated carbocycles. The second-order valence-corrected chi connectivity index (χ2v) is 6.57. The van der Waals surface area contributed by atoms with E-state index >= 15 is 0 Å².